The summed E-state index contributed by atoms with van der Waals surface area (Å²) in [6.45, 7) is 7.85. The van der Waals surface area contributed by atoms with Crippen LogP contribution in [0.5, 0.6) is 0 Å². The standard InChI is InChI=1S/C14H22N2O2/c1-6-10-11(9-7-15-16(5)8-9)12(10)13(17)18-14(2,3)4/h7-8,10-12H,6H2,1-5H3/t10?,11-,12-/m0/s1. The quantitative estimate of drug-likeness (QED) is 0.774. The first-order valence-electron chi connectivity index (χ1n) is 6.55. The molecule has 0 bridgehead atoms. The summed E-state index contributed by atoms with van der Waals surface area (Å²) < 4.78 is 7.27. The van der Waals surface area contributed by atoms with Crippen LogP contribution in [0.15, 0.2) is 12.4 Å². The second kappa shape index (κ2) is 4.41. The van der Waals surface area contributed by atoms with E-state index in [0.717, 1.165) is 12.0 Å². The molecule has 0 saturated heterocycles. The molecule has 0 spiro atoms. The summed E-state index contributed by atoms with van der Waals surface area (Å²) in [5.41, 5.74) is 0.748. The van der Waals surface area contributed by atoms with E-state index in [9.17, 15) is 4.79 Å². The molecule has 1 heterocycles. The second-order valence-electron chi connectivity index (χ2n) is 6.10. The van der Waals surface area contributed by atoms with Gasteiger partial charge in [-0.3, -0.25) is 9.48 Å². The maximum absolute atomic E-state index is 12.1. The smallest absolute Gasteiger partial charge is 0.310 e. The van der Waals surface area contributed by atoms with Gasteiger partial charge >= 0.3 is 5.97 Å². The third kappa shape index (κ3) is 2.57. The molecule has 1 unspecified atom stereocenters. The van der Waals surface area contributed by atoms with Crippen LogP contribution in [0.2, 0.25) is 0 Å². The summed E-state index contributed by atoms with van der Waals surface area (Å²) in [6.07, 6.45) is 4.86. The molecule has 0 amide bonds. The number of rotatable bonds is 3. The van der Waals surface area contributed by atoms with Crippen molar-refractivity contribution in [2.45, 2.75) is 45.6 Å². The number of carbonyl (C=O) groups is 1. The number of hydrogen-bond donors (Lipinski definition) is 0. The van der Waals surface area contributed by atoms with Crippen molar-refractivity contribution < 1.29 is 9.53 Å². The third-order valence-electron chi connectivity index (χ3n) is 3.43. The molecule has 1 aliphatic rings. The largest absolute Gasteiger partial charge is 0.460 e. The fraction of sp³-hybridized carbons (Fsp3) is 0.714. The minimum Gasteiger partial charge on any atom is -0.460 e. The van der Waals surface area contributed by atoms with Crippen LogP contribution in [0.25, 0.3) is 0 Å². The molecule has 0 aliphatic heterocycles. The average molecular weight is 250 g/mol. The normalized spacial score (nSPS) is 27.1. The predicted molar refractivity (Wildman–Crippen MR) is 69.1 cm³/mol. The monoisotopic (exact) mass is 250 g/mol. The maximum Gasteiger partial charge on any atom is 0.310 e. The van der Waals surface area contributed by atoms with E-state index in [1.54, 1.807) is 4.68 Å². The number of esters is 1. The van der Waals surface area contributed by atoms with E-state index >= 15 is 0 Å². The number of nitrogens with zero attached hydrogens (tertiary/aromatic N) is 2. The van der Waals surface area contributed by atoms with Crippen LogP contribution >= 0.6 is 0 Å². The predicted octanol–water partition coefficient (Wildman–Crippen LogP) is 2.50. The first-order chi connectivity index (χ1) is 8.33. The van der Waals surface area contributed by atoms with Crippen LogP contribution in [0, 0.1) is 11.8 Å². The molecule has 1 aliphatic carbocycles. The summed E-state index contributed by atoms with van der Waals surface area (Å²) in [6, 6.07) is 0. The Kier molecular flexibility index (Phi) is 3.21. The van der Waals surface area contributed by atoms with Crippen LogP contribution in [-0.4, -0.2) is 21.4 Å². The number of ether oxygens (including phenoxy) is 1. The van der Waals surface area contributed by atoms with E-state index < -0.39 is 5.60 Å². The number of aryl methyl sites for hydroxylation is 1. The average Bonchev–Trinajstić information content (AvgIpc) is 2.83. The molecule has 0 radical (unpaired) electrons. The van der Waals surface area contributed by atoms with Crippen LogP contribution in [0.3, 0.4) is 0 Å². The molecule has 0 N–H and O–H groups in total. The van der Waals surface area contributed by atoms with Crippen molar-refractivity contribution >= 4 is 5.97 Å². The lowest BCUT2D eigenvalue weighted by atomic mass is 10.1. The molecule has 18 heavy (non-hydrogen) atoms. The number of carbonyl (C=O) groups excluding carboxylic acids is 1. The molecule has 4 heteroatoms. The van der Waals surface area contributed by atoms with E-state index in [4.69, 9.17) is 4.74 Å². The Morgan fingerprint density at radius 3 is 2.61 bits per heavy atom. The van der Waals surface area contributed by atoms with Crippen molar-refractivity contribution in [1.82, 2.24) is 9.78 Å². The molecule has 4 nitrogen and oxygen atoms in total. The maximum atomic E-state index is 12.1. The van der Waals surface area contributed by atoms with Gasteiger partial charge in [-0.2, -0.15) is 5.10 Å². The van der Waals surface area contributed by atoms with Gasteiger partial charge < -0.3 is 4.74 Å². The summed E-state index contributed by atoms with van der Waals surface area (Å²) in [7, 11) is 1.90. The van der Waals surface area contributed by atoms with Gasteiger partial charge in [-0.05, 0) is 32.3 Å². The molecule has 3 atom stereocenters. The van der Waals surface area contributed by atoms with Gasteiger partial charge in [0, 0.05) is 19.2 Å². The second-order valence-corrected chi connectivity index (χ2v) is 6.10. The number of aromatic nitrogens is 2. The van der Waals surface area contributed by atoms with Crippen molar-refractivity contribution in [2.75, 3.05) is 0 Å². The lowest BCUT2D eigenvalue weighted by molar-refractivity contribution is -0.157. The van der Waals surface area contributed by atoms with E-state index in [-0.39, 0.29) is 11.9 Å². The van der Waals surface area contributed by atoms with Gasteiger partial charge in [0.1, 0.15) is 5.60 Å². The van der Waals surface area contributed by atoms with E-state index in [1.165, 1.54) is 0 Å². The molecule has 1 saturated carbocycles. The SMILES string of the molecule is CCC1[C@H](C(=O)OC(C)(C)C)[C@H]1c1cnn(C)c1. The van der Waals surface area contributed by atoms with Crippen LogP contribution < -0.4 is 0 Å². The summed E-state index contributed by atoms with van der Waals surface area (Å²) in [5, 5.41) is 4.18. The zero-order valence-electron chi connectivity index (χ0n) is 11.8. The van der Waals surface area contributed by atoms with Crippen molar-refractivity contribution in [3.8, 4) is 0 Å². The number of hydrogen-bond acceptors (Lipinski definition) is 3. The van der Waals surface area contributed by atoms with Gasteiger partial charge in [0.25, 0.3) is 0 Å². The molecule has 2 rings (SSSR count). The summed E-state index contributed by atoms with van der Waals surface area (Å²) >= 11 is 0. The molecule has 1 aromatic heterocycles. The van der Waals surface area contributed by atoms with E-state index in [1.807, 2.05) is 40.2 Å². The van der Waals surface area contributed by atoms with E-state index in [2.05, 4.69) is 12.0 Å². The Bertz CT molecular complexity index is 445. The Labute approximate surface area is 108 Å². The van der Waals surface area contributed by atoms with Gasteiger partial charge in [0.05, 0.1) is 12.1 Å². The fourth-order valence-corrected chi connectivity index (χ4v) is 2.64. The highest BCUT2D eigenvalue weighted by Gasteiger charge is 2.56. The van der Waals surface area contributed by atoms with Crippen molar-refractivity contribution in [3.05, 3.63) is 18.0 Å². The summed E-state index contributed by atoms with van der Waals surface area (Å²) in [4.78, 5) is 12.1. The molecular formula is C14H22N2O2. The van der Waals surface area contributed by atoms with Crippen LogP contribution in [-0.2, 0) is 16.6 Å². The Balaban J connectivity index is 2.08. The Morgan fingerprint density at radius 2 is 2.17 bits per heavy atom. The molecule has 1 aromatic rings. The van der Waals surface area contributed by atoms with Crippen molar-refractivity contribution in [3.63, 3.8) is 0 Å². The lowest BCUT2D eigenvalue weighted by Crippen LogP contribution is -2.25. The highest BCUT2D eigenvalue weighted by atomic mass is 16.6. The summed E-state index contributed by atoms with van der Waals surface area (Å²) in [5.74, 6) is 0.643. The minimum absolute atomic E-state index is 0.0124. The molecule has 0 aromatic carbocycles. The lowest BCUT2D eigenvalue weighted by Gasteiger charge is -2.19. The first kappa shape index (κ1) is 13.1. The molecule has 1 fully saturated rings. The highest BCUT2D eigenvalue weighted by Crippen LogP contribution is 2.56. The molecule has 100 valence electrons. The van der Waals surface area contributed by atoms with Crippen LogP contribution in [0.4, 0.5) is 0 Å². The van der Waals surface area contributed by atoms with Gasteiger partial charge in [-0.15, -0.1) is 0 Å². The Morgan fingerprint density at radius 1 is 1.50 bits per heavy atom. The highest BCUT2D eigenvalue weighted by molar-refractivity contribution is 5.78. The zero-order valence-corrected chi connectivity index (χ0v) is 11.8. The topological polar surface area (TPSA) is 44.1 Å². The van der Waals surface area contributed by atoms with Crippen molar-refractivity contribution in [1.29, 1.82) is 0 Å². The Hall–Kier alpha value is -1.32. The van der Waals surface area contributed by atoms with Crippen LogP contribution in [0.1, 0.15) is 45.6 Å². The minimum atomic E-state index is -0.405. The fourth-order valence-electron chi connectivity index (χ4n) is 2.64. The van der Waals surface area contributed by atoms with Gasteiger partial charge in [-0.1, -0.05) is 13.3 Å². The van der Waals surface area contributed by atoms with E-state index in [0.29, 0.717) is 11.8 Å². The van der Waals surface area contributed by atoms with Crippen molar-refractivity contribution in [2.24, 2.45) is 18.9 Å². The zero-order chi connectivity index (χ0) is 13.5. The molecular weight excluding hydrogens is 228 g/mol. The van der Waals surface area contributed by atoms with Gasteiger partial charge in [0.2, 0.25) is 0 Å². The first-order valence-corrected chi connectivity index (χ1v) is 6.55. The third-order valence-corrected chi connectivity index (χ3v) is 3.43. The van der Waals surface area contributed by atoms with Gasteiger partial charge in [0.15, 0.2) is 0 Å². The van der Waals surface area contributed by atoms with Gasteiger partial charge in [-0.25, -0.2) is 0 Å².